The van der Waals surface area contributed by atoms with E-state index in [-0.39, 0.29) is 18.8 Å². The zero-order valence-electron chi connectivity index (χ0n) is 14.8. The Kier molecular flexibility index (Phi) is 18.1. The van der Waals surface area contributed by atoms with Crippen LogP contribution in [0.2, 0.25) is 0 Å². The molecule has 0 aliphatic rings. The van der Waals surface area contributed by atoms with Crippen molar-refractivity contribution in [3.05, 3.63) is 0 Å². The van der Waals surface area contributed by atoms with E-state index in [0.29, 0.717) is 24.3 Å². The molecule has 0 heterocycles. The van der Waals surface area contributed by atoms with E-state index in [1.54, 1.807) is 47.0 Å². The molecule has 0 saturated carbocycles. The first-order valence-electron chi connectivity index (χ1n) is 8.40. The number of aliphatic carboxylic acids is 3. The van der Waals surface area contributed by atoms with Gasteiger partial charge in [0, 0.05) is 34.5 Å². The summed E-state index contributed by atoms with van der Waals surface area (Å²) in [6, 6.07) is 0. The summed E-state index contributed by atoms with van der Waals surface area (Å²) in [4.78, 5) is 32.0. The van der Waals surface area contributed by atoms with Gasteiger partial charge < -0.3 is 15.3 Å². The van der Waals surface area contributed by atoms with Gasteiger partial charge in [-0.05, 0) is 24.3 Å². The number of thioether (sulfide) groups is 4. The number of carboxylic acids is 3. The average molecular weight is 445 g/mol. The van der Waals surface area contributed by atoms with E-state index in [4.69, 9.17) is 10.2 Å². The van der Waals surface area contributed by atoms with Crippen LogP contribution < -0.4 is 0 Å². The third kappa shape index (κ3) is 18.6. The van der Waals surface area contributed by atoms with Crippen molar-refractivity contribution in [1.82, 2.24) is 0 Å². The Labute approximate surface area is 172 Å². The third-order valence-corrected chi connectivity index (χ3v) is 7.76. The number of hydrogen-bond donors (Lipinski definition) is 3. The summed E-state index contributed by atoms with van der Waals surface area (Å²) in [5, 5.41) is 26.3. The lowest BCUT2D eigenvalue weighted by molar-refractivity contribution is -0.142. The molecule has 0 fully saturated rings. The number of hydrogen-bond acceptors (Lipinski definition) is 7. The summed E-state index contributed by atoms with van der Waals surface area (Å²) < 4.78 is 0. The van der Waals surface area contributed by atoms with Crippen LogP contribution in [0.5, 0.6) is 0 Å². The Balaban J connectivity index is 3.55. The summed E-state index contributed by atoms with van der Waals surface area (Å²) in [6.07, 6.45) is 1.69. The minimum atomic E-state index is -0.772. The second-order valence-corrected chi connectivity index (χ2v) is 10.2. The largest absolute Gasteiger partial charge is 0.481 e. The SMILES string of the molecule is O=C(O)CCSCCSCCC(CCSCCSCCC(=O)O)C(=O)O. The van der Waals surface area contributed by atoms with Crippen LogP contribution in [-0.2, 0) is 14.4 Å². The van der Waals surface area contributed by atoms with Gasteiger partial charge in [0.2, 0.25) is 0 Å². The normalized spacial score (nSPS) is 11.0. The van der Waals surface area contributed by atoms with Crippen LogP contribution in [0.25, 0.3) is 0 Å². The van der Waals surface area contributed by atoms with Crippen LogP contribution in [0.1, 0.15) is 25.7 Å². The molecule has 0 aromatic carbocycles. The molecule has 6 nitrogen and oxygen atoms in total. The standard InChI is InChI=1S/C16H28O6S4/c17-14(18)3-7-25-11-9-23-5-1-13(16(21)22)2-6-24-10-12-26-8-4-15(19)20/h13H,1-12H2,(H,17,18)(H,19,20)(H,21,22). The van der Waals surface area contributed by atoms with Crippen molar-refractivity contribution in [2.45, 2.75) is 25.7 Å². The third-order valence-electron chi connectivity index (χ3n) is 3.24. The Morgan fingerprint density at radius 1 is 0.577 bits per heavy atom. The number of carbonyl (C=O) groups is 3. The lowest BCUT2D eigenvalue weighted by Crippen LogP contribution is -2.15. The van der Waals surface area contributed by atoms with E-state index >= 15 is 0 Å². The van der Waals surface area contributed by atoms with E-state index in [9.17, 15) is 19.5 Å². The Hall–Kier alpha value is -0.190. The maximum absolute atomic E-state index is 11.3. The molecule has 0 atom stereocenters. The lowest BCUT2D eigenvalue weighted by Gasteiger charge is -2.11. The predicted octanol–water partition coefficient (Wildman–Crippen LogP) is 3.35. The van der Waals surface area contributed by atoms with Gasteiger partial charge in [-0.25, -0.2) is 0 Å². The van der Waals surface area contributed by atoms with E-state index in [0.717, 1.165) is 34.5 Å². The van der Waals surface area contributed by atoms with E-state index in [2.05, 4.69) is 0 Å². The van der Waals surface area contributed by atoms with Crippen molar-refractivity contribution in [3.63, 3.8) is 0 Å². The molecule has 0 bridgehead atoms. The van der Waals surface area contributed by atoms with Gasteiger partial charge in [0.25, 0.3) is 0 Å². The summed E-state index contributed by atoms with van der Waals surface area (Å²) in [5.74, 6) is 3.90. The minimum Gasteiger partial charge on any atom is -0.481 e. The van der Waals surface area contributed by atoms with Crippen molar-refractivity contribution in [1.29, 1.82) is 0 Å². The molecule has 0 aliphatic heterocycles. The Morgan fingerprint density at radius 2 is 0.923 bits per heavy atom. The molecular formula is C16H28O6S4. The Morgan fingerprint density at radius 3 is 1.23 bits per heavy atom. The highest BCUT2D eigenvalue weighted by Gasteiger charge is 2.16. The monoisotopic (exact) mass is 444 g/mol. The zero-order valence-corrected chi connectivity index (χ0v) is 18.0. The molecule has 152 valence electrons. The van der Waals surface area contributed by atoms with Crippen LogP contribution in [0.4, 0.5) is 0 Å². The second kappa shape index (κ2) is 18.2. The molecular weight excluding hydrogens is 416 g/mol. The molecule has 0 unspecified atom stereocenters. The summed E-state index contributed by atoms with van der Waals surface area (Å²) in [6.45, 7) is 0. The molecule has 0 spiro atoms. The van der Waals surface area contributed by atoms with E-state index in [1.807, 2.05) is 0 Å². The first kappa shape index (κ1) is 25.8. The quantitative estimate of drug-likeness (QED) is 0.256. The van der Waals surface area contributed by atoms with Gasteiger partial charge in [0.15, 0.2) is 0 Å². The molecule has 0 aromatic rings. The highest BCUT2D eigenvalue weighted by Crippen LogP contribution is 2.18. The van der Waals surface area contributed by atoms with Crippen molar-refractivity contribution >= 4 is 65.0 Å². The fourth-order valence-electron chi connectivity index (χ4n) is 1.81. The first-order valence-corrected chi connectivity index (χ1v) is 13.0. The van der Waals surface area contributed by atoms with Gasteiger partial charge in [0.1, 0.15) is 0 Å². The molecule has 0 saturated heterocycles. The summed E-state index contributed by atoms with van der Waals surface area (Å²) in [7, 11) is 0. The van der Waals surface area contributed by atoms with Gasteiger partial charge in [-0.1, -0.05) is 0 Å². The smallest absolute Gasteiger partial charge is 0.306 e. The van der Waals surface area contributed by atoms with Gasteiger partial charge >= 0.3 is 17.9 Å². The topological polar surface area (TPSA) is 112 Å². The lowest BCUT2D eigenvalue weighted by atomic mass is 10.0. The fourth-order valence-corrected chi connectivity index (χ4v) is 6.05. The highest BCUT2D eigenvalue weighted by atomic mass is 32.2. The van der Waals surface area contributed by atoms with Crippen LogP contribution in [0.3, 0.4) is 0 Å². The van der Waals surface area contributed by atoms with E-state index < -0.39 is 17.9 Å². The van der Waals surface area contributed by atoms with Crippen molar-refractivity contribution in [2.24, 2.45) is 5.92 Å². The van der Waals surface area contributed by atoms with Crippen LogP contribution in [-0.4, -0.2) is 79.3 Å². The molecule has 0 rings (SSSR count). The zero-order chi connectivity index (χ0) is 19.6. The average Bonchev–Trinajstić information content (AvgIpc) is 2.56. The molecule has 0 radical (unpaired) electrons. The minimum absolute atomic E-state index is 0.187. The van der Waals surface area contributed by atoms with Gasteiger partial charge in [-0.2, -0.15) is 47.0 Å². The van der Waals surface area contributed by atoms with E-state index in [1.165, 1.54) is 0 Å². The molecule has 0 amide bonds. The highest BCUT2D eigenvalue weighted by molar-refractivity contribution is 8.03. The maximum Gasteiger partial charge on any atom is 0.306 e. The second-order valence-electron chi connectivity index (χ2n) is 5.35. The summed E-state index contributed by atoms with van der Waals surface area (Å²) in [5.41, 5.74) is 0. The number of carboxylic acid groups (broad SMARTS) is 3. The number of rotatable bonds is 19. The fraction of sp³-hybridized carbons (Fsp3) is 0.812. The van der Waals surface area contributed by atoms with Crippen LogP contribution in [0, 0.1) is 5.92 Å². The van der Waals surface area contributed by atoms with Crippen molar-refractivity contribution in [3.8, 4) is 0 Å². The molecule has 0 aromatic heterocycles. The van der Waals surface area contributed by atoms with Crippen molar-refractivity contribution < 1.29 is 29.7 Å². The maximum atomic E-state index is 11.3. The molecule has 3 N–H and O–H groups in total. The Bertz CT molecular complexity index is 378. The van der Waals surface area contributed by atoms with Gasteiger partial charge in [-0.15, -0.1) is 0 Å². The van der Waals surface area contributed by atoms with Crippen LogP contribution in [0.15, 0.2) is 0 Å². The van der Waals surface area contributed by atoms with Gasteiger partial charge in [-0.3, -0.25) is 14.4 Å². The predicted molar refractivity (Wildman–Crippen MR) is 114 cm³/mol. The molecule has 0 aliphatic carbocycles. The summed E-state index contributed by atoms with van der Waals surface area (Å²) >= 11 is 6.68. The van der Waals surface area contributed by atoms with Gasteiger partial charge in [0.05, 0.1) is 18.8 Å². The van der Waals surface area contributed by atoms with Crippen molar-refractivity contribution in [2.75, 3.05) is 46.0 Å². The van der Waals surface area contributed by atoms with Crippen LogP contribution >= 0.6 is 47.0 Å². The molecule has 10 heteroatoms. The molecule has 26 heavy (non-hydrogen) atoms. The first-order chi connectivity index (χ1) is 12.4.